The second-order valence-corrected chi connectivity index (χ2v) is 19.2. The fourth-order valence-corrected chi connectivity index (χ4v) is 13.5. The first kappa shape index (κ1) is 33.4. The van der Waals surface area contributed by atoms with Crippen LogP contribution in [0.3, 0.4) is 0 Å². The predicted molar refractivity (Wildman–Crippen MR) is 178 cm³/mol. The summed E-state index contributed by atoms with van der Waals surface area (Å²) in [5, 5.41) is 10.9. The molecule has 5 saturated carbocycles. The van der Waals surface area contributed by atoms with Crippen molar-refractivity contribution in [1.82, 2.24) is 4.90 Å². The van der Waals surface area contributed by atoms with Crippen LogP contribution in [0.4, 0.5) is 4.79 Å². The van der Waals surface area contributed by atoms with E-state index in [1.54, 1.807) is 4.90 Å². The summed E-state index contributed by atoms with van der Waals surface area (Å²) < 4.78 is 25.4. The Balaban J connectivity index is 1.07. The third-order valence-electron chi connectivity index (χ3n) is 15.5. The molecular formula is C39H63NO6. The SMILES string of the molecule is C=C(C)[C@@H](O)C1C[C@@H](C)[C@H]2C(C[C@@]3(C)C4CC[C@H]5C(C)(C)[C@@H](OC6CN(C(=O)OC(C)(C)C)CCO6)CC[C@@]56C[C@@]46CCC23C)O1. The molecule has 260 valence electrons. The molecule has 7 nitrogen and oxygen atoms in total. The zero-order valence-corrected chi connectivity index (χ0v) is 30.3. The molecule has 1 N–H and O–H groups in total. The first-order valence-corrected chi connectivity index (χ1v) is 18.6. The van der Waals surface area contributed by atoms with E-state index in [1.807, 2.05) is 27.7 Å². The van der Waals surface area contributed by atoms with Crippen molar-refractivity contribution in [2.45, 2.75) is 156 Å². The maximum absolute atomic E-state index is 12.8. The van der Waals surface area contributed by atoms with E-state index in [-0.39, 0.29) is 40.7 Å². The Labute approximate surface area is 278 Å². The lowest BCUT2D eigenvalue weighted by Crippen LogP contribution is -2.59. The van der Waals surface area contributed by atoms with Crippen molar-refractivity contribution in [2.24, 2.45) is 50.7 Å². The van der Waals surface area contributed by atoms with Gasteiger partial charge in [-0.15, -0.1) is 0 Å². The Morgan fingerprint density at radius 3 is 2.41 bits per heavy atom. The molecule has 13 atom stereocenters. The normalized spacial score (nSPS) is 49.8. The molecular weight excluding hydrogens is 578 g/mol. The first-order valence-electron chi connectivity index (χ1n) is 18.6. The largest absolute Gasteiger partial charge is 0.444 e. The number of hydrogen-bond donors (Lipinski definition) is 1. The van der Waals surface area contributed by atoms with Gasteiger partial charge in [-0.2, -0.15) is 0 Å². The van der Waals surface area contributed by atoms with Crippen LogP contribution in [0.5, 0.6) is 0 Å². The molecule has 2 spiro atoms. The number of rotatable bonds is 4. The summed E-state index contributed by atoms with van der Waals surface area (Å²) in [7, 11) is 0. The number of carbonyl (C=O) groups excluding carboxylic acids is 1. The van der Waals surface area contributed by atoms with Crippen LogP contribution < -0.4 is 0 Å². The number of nitrogens with zero attached hydrogens (tertiary/aromatic N) is 1. The van der Waals surface area contributed by atoms with Crippen molar-refractivity contribution in [3.05, 3.63) is 12.2 Å². The van der Waals surface area contributed by atoms with Gasteiger partial charge in [0.2, 0.25) is 0 Å². The van der Waals surface area contributed by atoms with E-state index >= 15 is 0 Å². The number of hydrogen-bond acceptors (Lipinski definition) is 6. The van der Waals surface area contributed by atoms with E-state index in [2.05, 4.69) is 41.2 Å². The molecule has 2 aliphatic heterocycles. The van der Waals surface area contributed by atoms with E-state index in [1.165, 1.54) is 38.5 Å². The van der Waals surface area contributed by atoms with Crippen molar-refractivity contribution in [3.8, 4) is 0 Å². The van der Waals surface area contributed by atoms with Crippen molar-refractivity contribution < 1.29 is 28.8 Å². The summed E-state index contributed by atoms with van der Waals surface area (Å²) in [4.78, 5) is 14.6. The predicted octanol–water partition coefficient (Wildman–Crippen LogP) is 7.74. The first-order chi connectivity index (χ1) is 21.4. The summed E-state index contributed by atoms with van der Waals surface area (Å²) in [5.74, 6) is 2.48. The lowest BCUT2D eigenvalue weighted by atomic mass is 9.41. The van der Waals surface area contributed by atoms with E-state index in [4.69, 9.17) is 18.9 Å². The van der Waals surface area contributed by atoms with Gasteiger partial charge in [-0.05, 0) is 142 Å². The molecule has 2 heterocycles. The van der Waals surface area contributed by atoms with Crippen LogP contribution in [0.25, 0.3) is 0 Å². The number of morpholine rings is 1. The van der Waals surface area contributed by atoms with Crippen molar-refractivity contribution in [2.75, 3.05) is 19.7 Å². The molecule has 0 aromatic rings. The molecule has 0 aromatic carbocycles. The van der Waals surface area contributed by atoms with Crippen LogP contribution in [0.2, 0.25) is 0 Å². The van der Waals surface area contributed by atoms with Gasteiger partial charge in [0.05, 0.1) is 31.5 Å². The van der Waals surface area contributed by atoms with Crippen LogP contribution in [0, 0.1) is 50.7 Å². The number of aliphatic hydroxyl groups is 1. The molecule has 7 rings (SSSR count). The number of aliphatic hydroxyl groups excluding tert-OH is 1. The quantitative estimate of drug-likeness (QED) is 0.317. The molecule has 2 saturated heterocycles. The van der Waals surface area contributed by atoms with Crippen LogP contribution in [0.15, 0.2) is 12.2 Å². The second kappa shape index (κ2) is 10.7. The van der Waals surface area contributed by atoms with E-state index in [0.717, 1.165) is 30.8 Å². The molecule has 1 amide bonds. The fraction of sp³-hybridized carbons (Fsp3) is 0.923. The van der Waals surface area contributed by atoms with Gasteiger partial charge in [0, 0.05) is 6.54 Å². The standard InChI is InChI=1S/C39H63NO6/c1-23(2)32(41)25-19-24(3)31-26(44-25)20-37(10)28-12-11-27-35(7,8)29(13-14-38(27)22-39(28,38)16-15-36(31,37)9)45-30-21-40(17-18-43-30)33(42)46-34(4,5)6/h24-32,41H,1,11-22H2,2-10H3/t24-,25?,26?,27+,28?,29+,30?,31+,32-,36?,37+,38-,39+/m1/s1. The van der Waals surface area contributed by atoms with Gasteiger partial charge >= 0.3 is 6.09 Å². The highest BCUT2D eigenvalue weighted by atomic mass is 16.7. The lowest BCUT2D eigenvalue weighted by Gasteiger charge is -2.63. The van der Waals surface area contributed by atoms with Crippen molar-refractivity contribution >= 4 is 6.09 Å². The molecule has 46 heavy (non-hydrogen) atoms. The molecule has 0 bridgehead atoms. The van der Waals surface area contributed by atoms with Gasteiger partial charge in [0.15, 0.2) is 6.29 Å². The Morgan fingerprint density at radius 1 is 1.02 bits per heavy atom. The fourth-order valence-electron chi connectivity index (χ4n) is 13.5. The molecule has 7 fully saturated rings. The Morgan fingerprint density at radius 2 is 1.72 bits per heavy atom. The highest BCUT2D eigenvalue weighted by molar-refractivity contribution is 5.68. The summed E-state index contributed by atoms with van der Waals surface area (Å²) in [6.07, 6.45) is 9.92. The number of carbonyl (C=O) groups is 1. The maximum Gasteiger partial charge on any atom is 0.410 e. The third-order valence-corrected chi connectivity index (χ3v) is 15.5. The summed E-state index contributed by atoms with van der Waals surface area (Å²) >= 11 is 0. The van der Waals surface area contributed by atoms with Gasteiger partial charge in [0.25, 0.3) is 0 Å². The minimum Gasteiger partial charge on any atom is -0.444 e. The van der Waals surface area contributed by atoms with Crippen LogP contribution >= 0.6 is 0 Å². The Hall–Kier alpha value is -1.15. The topological polar surface area (TPSA) is 77.5 Å². The van der Waals surface area contributed by atoms with Crippen molar-refractivity contribution in [1.29, 1.82) is 0 Å². The zero-order chi connectivity index (χ0) is 33.2. The maximum atomic E-state index is 12.8. The van der Waals surface area contributed by atoms with E-state index < -0.39 is 18.0 Å². The molecule has 0 aromatic heterocycles. The lowest BCUT2D eigenvalue weighted by molar-refractivity contribution is -0.245. The molecule has 5 aliphatic carbocycles. The zero-order valence-electron chi connectivity index (χ0n) is 30.3. The highest BCUT2D eigenvalue weighted by Gasteiger charge is 2.83. The van der Waals surface area contributed by atoms with Gasteiger partial charge in [-0.25, -0.2) is 4.79 Å². The Bertz CT molecular complexity index is 1240. The van der Waals surface area contributed by atoms with Crippen LogP contribution in [0.1, 0.15) is 120 Å². The van der Waals surface area contributed by atoms with E-state index in [0.29, 0.717) is 48.3 Å². The molecule has 5 unspecified atom stereocenters. The van der Waals surface area contributed by atoms with Gasteiger partial charge in [-0.1, -0.05) is 41.2 Å². The average molecular weight is 642 g/mol. The second-order valence-electron chi connectivity index (χ2n) is 19.2. The van der Waals surface area contributed by atoms with Gasteiger partial charge in [-0.3, -0.25) is 0 Å². The summed E-state index contributed by atoms with van der Waals surface area (Å²) in [6, 6.07) is 0. The highest BCUT2D eigenvalue weighted by Crippen LogP contribution is 2.89. The number of fused-ring (bicyclic) bond motifs is 4. The smallest absolute Gasteiger partial charge is 0.410 e. The number of amides is 1. The van der Waals surface area contributed by atoms with Crippen LogP contribution in [-0.2, 0) is 18.9 Å². The van der Waals surface area contributed by atoms with Crippen molar-refractivity contribution in [3.63, 3.8) is 0 Å². The van der Waals surface area contributed by atoms with Crippen LogP contribution in [-0.4, -0.2) is 72.1 Å². The molecule has 7 aliphatic rings. The van der Waals surface area contributed by atoms with Gasteiger partial charge in [0.1, 0.15) is 11.7 Å². The minimum atomic E-state index is -0.570. The van der Waals surface area contributed by atoms with E-state index in [9.17, 15) is 9.90 Å². The third kappa shape index (κ3) is 4.66. The molecule has 7 heteroatoms. The monoisotopic (exact) mass is 641 g/mol. The average Bonchev–Trinajstić information content (AvgIpc) is 3.56. The summed E-state index contributed by atoms with van der Waals surface area (Å²) in [5.41, 5.74) is 1.72. The van der Waals surface area contributed by atoms with Gasteiger partial charge < -0.3 is 29.0 Å². The minimum absolute atomic E-state index is 0.0408. The summed E-state index contributed by atoms with van der Waals surface area (Å²) in [6.45, 7) is 25.8. The number of ether oxygens (including phenoxy) is 4. The Kier molecular flexibility index (Phi) is 7.74. The molecule has 0 radical (unpaired) electrons.